The molecule has 1 amide bonds. The maximum absolute atomic E-state index is 13.8. The maximum atomic E-state index is 13.8. The first-order chi connectivity index (χ1) is 10.7. The summed E-state index contributed by atoms with van der Waals surface area (Å²) in [6.45, 7) is 0. The van der Waals surface area contributed by atoms with E-state index in [0.29, 0.717) is 0 Å². The van der Waals surface area contributed by atoms with Crippen LogP contribution in [-0.4, -0.2) is 26.9 Å². The molecule has 0 spiro atoms. The zero-order valence-corrected chi connectivity index (χ0v) is 12.1. The average Bonchev–Trinajstić information content (AvgIpc) is 2.90. The lowest BCUT2D eigenvalue weighted by Crippen LogP contribution is -2.36. The zero-order chi connectivity index (χ0) is 15.5. The standard InChI is InChI=1S/C15H18FN5O/c16-11-8-4-5-9-12(11)21-14(17)13(19-20-21)15(22)18-10-6-2-1-3-7-10/h4-5,8-10H,1-3,6-7,17H2,(H,18,22). The van der Waals surface area contributed by atoms with Crippen molar-refractivity contribution >= 4 is 11.7 Å². The van der Waals surface area contributed by atoms with Crippen molar-refractivity contribution < 1.29 is 9.18 Å². The van der Waals surface area contributed by atoms with Crippen LogP contribution in [0.1, 0.15) is 42.6 Å². The number of para-hydroxylation sites is 1. The normalized spacial score (nSPS) is 15.7. The lowest BCUT2D eigenvalue weighted by Gasteiger charge is -2.22. The lowest BCUT2D eigenvalue weighted by atomic mass is 9.95. The highest BCUT2D eigenvalue weighted by atomic mass is 19.1. The number of amides is 1. The number of nitrogens with one attached hydrogen (secondary N) is 1. The summed E-state index contributed by atoms with van der Waals surface area (Å²) in [5.74, 6) is -0.788. The molecule has 7 heteroatoms. The van der Waals surface area contributed by atoms with Crippen LogP contribution in [0.2, 0.25) is 0 Å². The second-order valence-electron chi connectivity index (χ2n) is 5.49. The second-order valence-corrected chi connectivity index (χ2v) is 5.49. The number of nitrogens with zero attached hydrogens (tertiary/aromatic N) is 3. The number of aromatic nitrogens is 3. The fraction of sp³-hybridized carbons (Fsp3) is 0.400. The summed E-state index contributed by atoms with van der Waals surface area (Å²) in [6.07, 6.45) is 5.36. The molecule has 0 aliphatic heterocycles. The Hall–Kier alpha value is -2.44. The topological polar surface area (TPSA) is 85.8 Å². The van der Waals surface area contributed by atoms with Gasteiger partial charge in [0.05, 0.1) is 0 Å². The Morgan fingerprint density at radius 3 is 2.73 bits per heavy atom. The van der Waals surface area contributed by atoms with Crippen molar-refractivity contribution in [1.29, 1.82) is 0 Å². The van der Waals surface area contributed by atoms with Crippen LogP contribution in [-0.2, 0) is 0 Å². The summed E-state index contributed by atoms with van der Waals surface area (Å²) in [5, 5.41) is 10.5. The first-order valence-corrected chi connectivity index (χ1v) is 7.44. The fourth-order valence-corrected chi connectivity index (χ4v) is 2.75. The van der Waals surface area contributed by atoms with E-state index in [4.69, 9.17) is 5.73 Å². The van der Waals surface area contributed by atoms with E-state index >= 15 is 0 Å². The lowest BCUT2D eigenvalue weighted by molar-refractivity contribution is 0.0923. The summed E-state index contributed by atoms with van der Waals surface area (Å²) >= 11 is 0. The molecular formula is C15H18FN5O. The largest absolute Gasteiger partial charge is 0.382 e. The molecule has 1 aliphatic carbocycles. The monoisotopic (exact) mass is 303 g/mol. The van der Waals surface area contributed by atoms with Gasteiger partial charge in [0.2, 0.25) is 0 Å². The molecule has 3 N–H and O–H groups in total. The Morgan fingerprint density at radius 2 is 2.00 bits per heavy atom. The predicted octanol–water partition coefficient (Wildman–Crippen LogP) is 2.05. The van der Waals surface area contributed by atoms with Crippen LogP contribution < -0.4 is 11.1 Å². The molecule has 3 rings (SSSR count). The number of carbonyl (C=O) groups is 1. The van der Waals surface area contributed by atoms with Crippen molar-refractivity contribution in [2.75, 3.05) is 5.73 Å². The van der Waals surface area contributed by atoms with E-state index in [1.807, 2.05) is 0 Å². The number of rotatable bonds is 3. The Morgan fingerprint density at radius 1 is 1.27 bits per heavy atom. The Kier molecular flexibility index (Phi) is 4.04. The number of hydrogen-bond acceptors (Lipinski definition) is 4. The number of carbonyl (C=O) groups excluding carboxylic acids is 1. The van der Waals surface area contributed by atoms with Gasteiger partial charge in [0.1, 0.15) is 11.5 Å². The molecule has 116 valence electrons. The molecular weight excluding hydrogens is 285 g/mol. The van der Waals surface area contributed by atoms with Gasteiger partial charge in [-0.15, -0.1) is 5.10 Å². The highest BCUT2D eigenvalue weighted by molar-refractivity contribution is 5.96. The molecule has 1 aromatic carbocycles. The van der Waals surface area contributed by atoms with Crippen LogP contribution >= 0.6 is 0 Å². The Bertz CT molecular complexity index is 678. The average molecular weight is 303 g/mol. The molecule has 22 heavy (non-hydrogen) atoms. The molecule has 1 aliphatic rings. The summed E-state index contributed by atoms with van der Waals surface area (Å²) in [5.41, 5.74) is 6.13. The van der Waals surface area contributed by atoms with Crippen molar-refractivity contribution in [3.63, 3.8) is 0 Å². The Balaban J connectivity index is 1.81. The highest BCUT2D eigenvalue weighted by Crippen LogP contribution is 2.20. The number of anilines is 1. The molecule has 1 heterocycles. The van der Waals surface area contributed by atoms with Crippen molar-refractivity contribution in [2.24, 2.45) is 0 Å². The molecule has 0 saturated heterocycles. The van der Waals surface area contributed by atoms with Gasteiger partial charge in [-0.1, -0.05) is 36.6 Å². The van der Waals surface area contributed by atoms with Crippen LogP contribution in [0.5, 0.6) is 0 Å². The van der Waals surface area contributed by atoms with Crippen LogP contribution in [0, 0.1) is 5.82 Å². The quantitative estimate of drug-likeness (QED) is 0.908. The SMILES string of the molecule is Nc1c(C(=O)NC2CCCCC2)nnn1-c1ccccc1F. The fourth-order valence-electron chi connectivity index (χ4n) is 2.75. The Labute approximate surface area is 127 Å². The molecule has 0 bridgehead atoms. The molecule has 1 aromatic heterocycles. The number of hydrogen-bond donors (Lipinski definition) is 2. The molecule has 1 fully saturated rings. The summed E-state index contributed by atoms with van der Waals surface area (Å²) in [7, 11) is 0. The van der Waals surface area contributed by atoms with Gasteiger partial charge < -0.3 is 11.1 Å². The van der Waals surface area contributed by atoms with E-state index in [2.05, 4.69) is 15.6 Å². The number of benzene rings is 1. The molecule has 6 nitrogen and oxygen atoms in total. The first kappa shape index (κ1) is 14.5. The van der Waals surface area contributed by atoms with Crippen molar-refractivity contribution in [3.05, 3.63) is 35.8 Å². The number of nitrogens with two attached hydrogens (primary N) is 1. The molecule has 0 radical (unpaired) electrons. The van der Waals surface area contributed by atoms with Crippen molar-refractivity contribution in [2.45, 2.75) is 38.1 Å². The van der Waals surface area contributed by atoms with E-state index in [0.717, 1.165) is 30.4 Å². The second kappa shape index (κ2) is 6.13. The van der Waals surface area contributed by atoms with Gasteiger partial charge in [-0.05, 0) is 25.0 Å². The van der Waals surface area contributed by atoms with E-state index in [9.17, 15) is 9.18 Å². The third-order valence-electron chi connectivity index (χ3n) is 3.94. The zero-order valence-electron chi connectivity index (χ0n) is 12.1. The van der Waals surface area contributed by atoms with Crippen LogP contribution in [0.3, 0.4) is 0 Å². The van der Waals surface area contributed by atoms with E-state index in [1.165, 1.54) is 18.6 Å². The molecule has 0 unspecified atom stereocenters. The third kappa shape index (κ3) is 2.79. The third-order valence-corrected chi connectivity index (χ3v) is 3.94. The van der Waals surface area contributed by atoms with Crippen LogP contribution in [0.15, 0.2) is 24.3 Å². The van der Waals surface area contributed by atoms with E-state index in [-0.39, 0.29) is 29.1 Å². The summed E-state index contributed by atoms with van der Waals surface area (Å²) in [6, 6.07) is 6.23. The predicted molar refractivity (Wildman–Crippen MR) is 80.1 cm³/mol. The smallest absolute Gasteiger partial charge is 0.275 e. The maximum Gasteiger partial charge on any atom is 0.275 e. The van der Waals surface area contributed by atoms with Crippen LogP contribution in [0.25, 0.3) is 5.69 Å². The van der Waals surface area contributed by atoms with Gasteiger partial charge in [0, 0.05) is 6.04 Å². The minimum atomic E-state index is -0.474. The minimum absolute atomic E-state index is 0.0360. The van der Waals surface area contributed by atoms with Gasteiger partial charge in [-0.2, -0.15) is 4.68 Å². The van der Waals surface area contributed by atoms with Gasteiger partial charge in [-0.3, -0.25) is 4.79 Å². The summed E-state index contributed by atoms with van der Waals surface area (Å²) < 4.78 is 14.9. The van der Waals surface area contributed by atoms with E-state index < -0.39 is 5.82 Å². The summed E-state index contributed by atoms with van der Waals surface area (Å²) in [4.78, 5) is 12.3. The number of halogens is 1. The minimum Gasteiger partial charge on any atom is -0.382 e. The molecule has 2 aromatic rings. The van der Waals surface area contributed by atoms with Gasteiger partial charge in [0.15, 0.2) is 11.5 Å². The molecule has 1 saturated carbocycles. The van der Waals surface area contributed by atoms with Crippen molar-refractivity contribution in [3.8, 4) is 5.69 Å². The first-order valence-electron chi connectivity index (χ1n) is 7.44. The van der Waals surface area contributed by atoms with Crippen LogP contribution in [0.4, 0.5) is 10.2 Å². The molecule has 0 atom stereocenters. The van der Waals surface area contributed by atoms with Crippen molar-refractivity contribution in [1.82, 2.24) is 20.3 Å². The van der Waals surface area contributed by atoms with E-state index in [1.54, 1.807) is 12.1 Å². The highest BCUT2D eigenvalue weighted by Gasteiger charge is 2.23. The van der Waals surface area contributed by atoms with Gasteiger partial charge in [-0.25, -0.2) is 4.39 Å². The number of nitrogen functional groups attached to an aromatic ring is 1. The van der Waals surface area contributed by atoms with Gasteiger partial charge >= 0.3 is 0 Å². The van der Waals surface area contributed by atoms with Gasteiger partial charge in [0.25, 0.3) is 5.91 Å².